The van der Waals surface area contributed by atoms with E-state index in [2.05, 4.69) is 34.4 Å². The van der Waals surface area contributed by atoms with Crippen LogP contribution in [0.5, 0.6) is 0 Å². The Hall–Kier alpha value is -2.25. The minimum atomic E-state index is -0.204. The van der Waals surface area contributed by atoms with Gasteiger partial charge in [0.2, 0.25) is 5.91 Å². The number of thiazole rings is 1. The van der Waals surface area contributed by atoms with Crippen LogP contribution in [0, 0.1) is 0 Å². The SMILES string of the molecule is CCN(CC)CCNC(=O)Cc1csc(NC(=O)c2ccccc2)n1. The Balaban J connectivity index is 1.79. The molecular formula is C18H24N4O2S. The summed E-state index contributed by atoms with van der Waals surface area (Å²) >= 11 is 1.32. The Morgan fingerprint density at radius 1 is 1.16 bits per heavy atom. The molecule has 0 bridgehead atoms. The molecule has 0 saturated carbocycles. The van der Waals surface area contributed by atoms with Gasteiger partial charge in [-0.05, 0) is 25.2 Å². The van der Waals surface area contributed by atoms with Gasteiger partial charge >= 0.3 is 0 Å². The Labute approximate surface area is 152 Å². The number of hydrogen-bond acceptors (Lipinski definition) is 5. The van der Waals surface area contributed by atoms with Crippen molar-refractivity contribution >= 4 is 28.3 Å². The van der Waals surface area contributed by atoms with Crippen molar-refractivity contribution in [3.8, 4) is 0 Å². The zero-order chi connectivity index (χ0) is 18.1. The number of carbonyl (C=O) groups excluding carboxylic acids is 2. The largest absolute Gasteiger partial charge is 0.354 e. The molecule has 134 valence electrons. The van der Waals surface area contributed by atoms with Crippen molar-refractivity contribution in [3.63, 3.8) is 0 Å². The van der Waals surface area contributed by atoms with Gasteiger partial charge in [0.05, 0.1) is 12.1 Å². The fourth-order valence-corrected chi connectivity index (χ4v) is 3.03. The summed E-state index contributed by atoms with van der Waals surface area (Å²) in [6, 6.07) is 8.97. The summed E-state index contributed by atoms with van der Waals surface area (Å²) in [5.74, 6) is -0.261. The highest BCUT2D eigenvalue weighted by Gasteiger charge is 2.11. The third kappa shape index (κ3) is 6.28. The maximum Gasteiger partial charge on any atom is 0.257 e. The lowest BCUT2D eigenvalue weighted by Crippen LogP contribution is -2.35. The molecule has 0 fully saturated rings. The van der Waals surface area contributed by atoms with E-state index < -0.39 is 0 Å². The second kappa shape index (κ2) is 9.90. The summed E-state index contributed by atoms with van der Waals surface area (Å²) in [7, 11) is 0. The molecule has 1 aromatic heterocycles. The highest BCUT2D eigenvalue weighted by Crippen LogP contribution is 2.16. The van der Waals surface area contributed by atoms with Crippen molar-refractivity contribution in [2.75, 3.05) is 31.5 Å². The number of nitrogens with one attached hydrogen (secondary N) is 2. The maximum atomic E-state index is 12.1. The Morgan fingerprint density at radius 3 is 2.56 bits per heavy atom. The maximum absolute atomic E-state index is 12.1. The highest BCUT2D eigenvalue weighted by molar-refractivity contribution is 7.14. The van der Waals surface area contributed by atoms with Crippen LogP contribution < -0.4 is 10.6 Å². The van der Waals surface area contributed by atoms with E-state index >= 15 is 0 Å². The van der Waals surface area contributed by atoms with Crippen LogP contribution in [0.3, 0.4) is 0 Å². The fraction of sp³-hybridized carbons (Fsp3) is 0.389. The third-order valence-electron chi connectivity index (χ3n) is 3.79. The molecule has 0 aliphatic rings. The lowest BCUT2D eigenvalue weighted by Gasteiger charge is -2.17. The van der Waals surface area contributed by atoms with Crippen molar-refractivity contribution in [1.29, 1.82) is 0 Å². The Morgan fingerprint density at radius 2 is 1.88 bits per heavy atom. The van der Waals surface area contributed by atoms with Gasteiger partial charge in [-0.15, -0.1) is 11.3 Å². The molecular weight excluding hydrogens is 336 g/mol. The summed E-state index contributed by atoms with van der Waals surface area (Å²) in [4.78, 5) is 30.6. The lowest BCUT2D eigenvalue weighted by atomic mass is 10.2. The van der Waals surface area contributed by atoms with Crippen molar-refractivity contribution in [2.45, 2.75) is 20.3 Å². The predicted molar refractivity (Wildman–Crippen MR) is 101 cm³/mol. The van der Waals surface area contributed by atoms with Crippen LogP contribution in [-0.2, 0) is 11.2 Å². The third-order valence-corrected chi connectivity index (χ3v) is 4.60. The monoisotopic (exact) mass is 360 g/mol. The summed E-state index contributed by atoms with van der Waals surface area (Å²) in [5.41, 5.74) is 1.24. The van der Waals surface area contributed by atoms with Crippen LogP contribution in [0.25, 0.3) is 0 Å². The molecule has 0 radical (unpaired) electrons. The molecule has 0 aliphatic carbocycles. The first kappa shape index (κ1) is 19.1. The van der Waals surface area contributed by atoms with Gasteiger partial charge in [0.25, 0.3) is 5.91 Å². The van der Waals surface area contributed by atoms with E-state index in [4.69, 9.17) is 0 Å². The summed E-state index contributed by atoms with van der Waals surface area (Å²) in [5, 5.41) is 7.95. The van der Waals surface area contributed by atoms with Gasteiger partial charge in [0.15, 0.2) is 5.13 Å². The smallest absolute Gasteiger partial charge is 0.257 e. The van der Waals surface area contributed by atoms with Gasteiger partial charge in [0.1, 0.15) is 0 Å². The fourth-order valence-electron chi connectivity index (χ4n) is 2.32. The number of anilines is 1. The molecule has 0 spiro atoms. The number of likely N-dealkylation sites (N-methyl/N-ethyl adjacent to an activating group) is 1. The number of rotatable bonds is 9. The Bertz CT molecular complexity index is 683. The second-order valence-electron chi connectivity index (χ2n) is 5.52. The number of aromatic nitrogens is 1. The van der Waals surface area contributed by atoms with Gasteiger partial charge in [-0.3, -0.25) is 14.9 Å². The number of nitrogens with zero attached hydrogens (tertiary/aromatic N) is 2. The van der Waals surface area contributed by atoms with E-state index in [0.29, 0.717) is 22.9 Å². The van der Waals surface area contributed by atoms with E-state index in [9.17, 15) is 9.59 Å². The minimum absolute atomic E-state index is 0.0570. The second-order valence-corrected chi connectivity index (χ2v) is 6.38. The number of hydrogen-bond donors (Lipinski definition) is 2. The van der Waals surface area contributed by atoms with Gasteiger partial charge < -0.3 is 10.2 Å². The molecule has 0 atom stereocenters. The van der Waals surface area contributed by atoms with E-state index in [0.717, 1.165) is 19.6 Å². The van der Waals surface area contributed by atoms with Gasteiger partial charge in [-0.2, -0.15) is 0 Å². The predicted octanol–water partition coefficient (Wildman–Crippen LogP) is 2.40. The van der Waals surface area contributed by atoms with Crippen LogP contribution in [0.1, 0.15) is 29.9 Å². The molecule has 2 rings (SSSR count). The lowest BCUT2D eigenvalue weighted by molar-refractivity contribution is -0.120. The first-order valence-corrected chi connectivity index (χ1v) is 9.30. The first-order chi connectivity index (χ1) is 12.1. The molecule has 0 aliphatic heterocycles. The topological polar surface area (TPSA) is 74.3 Å². The van der Waals surface area contributed by atoms with Crippen LogP contribution in [0.2, 0.25) is 0 Å². The van der Waals surface area contributed by atoms with Gasteiger partial charge in [0, 0.05) is 24.0 Å². The van der Waals surface area contributed by atoms with Crippen LogP contribution in [-0.4, -0.2) is 47.9 Å². The van der Waals surface area contributed by atoms with E-state index in [1.54, 1.807) is 17.5 Å². The number of benzene rings is 1. The zero-order valence-electron chi connectivity index (χ0n) is 14.6. The molecule has 2 N–H and O–H groups in total. The van der Waals surface area contributed by atoms with Gasteiger partial charge in [-0.25, -0.2) is 4.98 Å². The average molecular weight is 360 g/mol. The average Bonchev–Trinajstić information content (AvgIpc) is 3.06. The zero-order valence-corrected chi connectivity index (χ0v) is 15.4. The molecule has 7 heteroatoms. The summed E-state index contributed by atoms with van der Waals surface area (Å²) < 4.78 is 0. The molecule has 2 amide bonds. The van der Waals surface area contributed by atoms with E-state index in [1.165, 1.54) is 11.3 Å². The standard InChI is InChI=1S/C18H24N4O2S/c1-3-22(4-2)11-10-19-16(23)12-15-13-25-18(20-15)21-17(24)14-8-6-5-7-9-14/h5-9,13H,3-4,10-12H2,1-2H3,(H,19,23)(H,20,21,24). The quantitative estimate of drug-likeness (QED) is 0.720. The number of amides is 2. The summed E-state index contributed by atoms with van der Waals surface area (Å²) in [6.07, 6.45) is 0.218. The molecule has 2 aromatic rings. The molecule has 0 unspecified atom stereocenters. The van der Waals surface area contributed by atoms with Crippen molar-refractivity contribution in [1.82, 2.24) is 15.2 Å². The first-order valence-electron chi connectivity index (χ1n) is 8.42. The van der Waals surface area contributed by atoms with Crippen molar-refractivity contribution in [2.24, 2.45) is 0 Å². The normalized spacial score (nSPS) is 10.7. The van der Waals surface area contributed by atoms with Crippen molar-refractivity contribution < 1.29 is 9.59 Å². The van der Waals surface area contributed by atoms with Crippen LogP contribution >= 0.6 is 11.3 Å². The van der Waals surface area contributed by atoms with Crippen LogP contribution in [0.4, 0.5) is 5.13 Å². The van der Waals surface area contributed by atoms with E-state index in [-0.39, 0.29) is 18.2 Å². The highest BCUT2D eigenvalue weighted by atomic mass is 32.1. The van der Waals surface area contributed by atoms with Crippen molar-refractivity contribution in [3.05, 3.63) is 47.0 Å². The Kier molecular flexibility index (Phi) is 7.56. The molecule has 25 heavy (non-hydrogen) atoms. The molecule has 1 heterocycles. The van der Waals surface area contributed by atoms with Gasteiger partial charge in [-0.1, -0.05) is 32.0 Å². The minimum Gasteiger partial charge on any atom is -0.354 e. The summed E-state index contributed by atoms with van der Waals surface area (Å²) in [6.45, 7) is 7.63. The molecule has 1 aromatic carbocycles. The van der Waals surface area contributed by atoms with Crippen LogP contribution in [0.15, 0.2) is 35.7 Å². The molecule has 0 saturated heterocycles. The molecule has 6 nitrogen and oxygen atoms in total. The number of carbonyl (C=O) groups is 2. The van der Waals surface area contributed by atoms with E-state index in [1.807, 2.05) is 18.2 Å².